The normalized spacial score (nSPS) is 12.2. The summed E-state index contributed by atoms with van der Waals surface area (Å²) in [5, 5.41) is 0. The number of rotatable bonds is 7. The average molecular weight is 234 g/mol. The van der Waals surface area contributed by atoms with Crippen molar-refractivity contribution in [3.05, 3.63) is 23.9 Å². The minimum absolute atomic E-state index is 0.483. The molecule has 0 saturated carbocycles. The van der Waals surface area contributed by atoms with E-state index in [1.165, 1.54) is 12.8 Å². The molecule has 1 unspecified atom stereocenters. The number of carbonyl (C=O) groups excluding carboxylic acids is 1. The predicted molar refractivity (Wildman–Crippen MR) is 71.6 cm³/mol. The highest BCUT2D eigenvalue weighted by molar-refractivity contribution is 5.74. The SMILES string of the molecule is CCCCN(c1ccc(C=O)cn1)C(C)CC. The summed E-state index contributed by atoms with van der Waals surface area (Å²) >= 11 is 0. The highest BCUT2D eigenvalue weighted by atomic mass is 16.1. The van der Waals surface area contributed by atoms with Gasteiger partial charge in [0.05, 0.1) is 0 Å². The van der Waals surface area contributed by atoms with Crippen LogP contribution in [0.15, 0.2) is 18.3 Å². The minimum atomic E-state index is 0.483. The molecule has 0 fully saturated rings. The van der Waals surface area contributed by atoms with Crippen LogP contribution in [0.2, 0.25) is 0 Å². The fourth-order valence-electron chi connectivity index (χ4n) is 1.75. The Labute approximate surface area is 104 Å². The predicted octanol–water partition coefficient (Wildman–Crippen LogP) is 3.30. The molecular formula is C14H22N2O. The first-order valence-corrected chi connectivity index (χ1v) is 6.40. The van der Waals surface area contributed by atoms with Crippen molar-refractivity contribution in [1.82, 2.24) is 4.98 Å². The number of aromatic nitrogens is 1. The second-order valence-corrected chi connectivity index (χ2v) is 4.37. The lowest BCUT2D eigenvalue weighted by molar-refractivity contribution is 0.112. The van der Waals surface area contributed by atoms with Crippen LogP contribution in [0.5, 0.6) is 0 Å². The van der Waals surface area contributed by atoms with E-state index in [0.29, 0.717) is 11.6 Å². The maximum atomic E-state index is 10.6. The van der Waals surface area contributed by atoms with E-state index in [9.17, 15) is 4.79 Å². The third kappa shape index (κ3) is 3.84. The van der Waals surface area contributed by atoms with Crippen molar-refractivity contribution in [2.75, 3.05) is 11.4 Å². The minimum Gasteiger partial charge on any atom is -0.354 e. The van der Waals surface area contributed by atoms with E-state index in [4.69, 9.17) is 0 Å². The van der Waals surface area contributed by atoms with Gasteiger partial charge in [-0.2, -0.15) is 0 Å². The van der Waals surface area contributed by atoms with Gasteiger partial charge in [0.15, 0.2) is 6.29 Å². The Bertz CT molecular complexity index is 335. The van der Waals surface area contributed by atoms with Crippen molar-refractivity contribution < 1.29 is 4.79 Å². The summed E-state index contributed by atoms with van der Waals surface area (Å²) in [4.78, 5) is 17.3. The monoisotopic (exact) mass is 234 g/mol. The molecule has 1 heterocycles. The molecule has 0 aliphatic rings. The van der Waals surface area contributed by atoms with Crippen molar-refractivity contribution in [3.8, 4) is 0 Å². The first kappa shape index (κ1) is 13.7. The maximum absolute atomic E-state index is 10.6. The Balaban J connectivity index is 2.83. The zero-order valence-corrected chi connectivity index (χ0v) is 11.0. The van der Waals surface area contributed by atoms with Gasteiger partial charge in [-0.3, -0.25) is 4.79 Å². The van der Waals surface area contributed by atoms with Gasteiger partial charge < -0.3 is 4.90 Å². The Kier molecular flexibility index (Phi) is 5.67. The first-order valence-electron chi connectivity index (χ1n) is 6.40. The highest BCUT2D eigenvalue weighted by Gasteiger charge is 2.13. The zero-order chi connectivity index (χ0) is 12.7. The molecule has 0 radical (unpaired) electrons. The molecule has 0 aromatic carbocycles. The van der Waals surface area contributed by atoms with Crippen LogP contribution in [0.25, 0.3) is 0 Å². The third-order valence-corrected chi connectivity index (χ3v) is 3.08. The summed E-state index contributed by atoms with van der Waals surface area (Å²) in [6.45, 7) is 7.62. The van der Waals surface area contributed by atoms with Crippen LogP contribution in [-0.4, -0.2) is 23.9 Å². The summed E-state index contributed by atoms with van der Waals surface area (Å²) in [6.07, 6.45) is 5.92. The van der Waals surface area contributed by atoms with Gasteiger partial charge in [0.25, 0.3) is 0 Å². The van der Waals surface area contributed by atoms with Gasteiger partial charge >= 0.3 is 0 Å². The molecule has 1 aromatic rings. The standard InChI is InChI=1S/C14H22N2O/c1-4-6-9-16(12(3)5-2)14-8-7-13(11-17)10-15-14/h7-8,10-12H,4-6,9H2,1-3H3. The molecule has 3 nitrogen and oxygen atoms in total. The van der Waals surface area contributed by atoms with E-state index >= 15 is 0 Å². The number of nitrogens with zero attached hydrogens (tertiary/aromatic N) is 2. The van der Waals surface area contributed by atoms with Gasteiger partial charge in [0.2, 0.25) is 0 Å². The fourth-order valence-corrected chi connectivity index (χ4v) is 1.75. The summed E-state index contributed by atoms with van der Waals surface area (Å²) < 4.78 is 0. The molecule has 0 bridgehead atoms. The molecule has 3 heteroatoms. The van der Waals surface area contributed by atoms with Gasteiger partial charge in [-0.25, -0.2) is 4.98 Å². The molecule has 0 N–H and O–H groups in total. The van der Waals surface area contributed by atoms with Crippen LogP contribution in [0.1, 0.15) is 50.4 Å². The molecule has 0 aliphatic heterocycles. The molecule has 1 rings (SSSR count). The van der Waals surface area contributed by atoms with Crippen LogP contribution in [-0.2, 0) is 0 Å². The number of hydrogen-bond acceptors (Lipinski definition) is 3. The Hall–Kier alpha value is -1.38. The molecular weight excluding hydrogens is 212 g/mol. The lowest BCUT2D eigenvalue weighted by Crippen LogP contribution is -2.34. The summed E-state index contributed by atoms with van der Waals surface area (Å²) in [6, 6.07) is 4.25. The van der Waals surface area contributed by atoms with Crippen molar-refractivity contribution in [1.29, 1.82) is 0 Å². The van der Waals surface area contributed by atoms with Crippen molar-refractivity contribution >= 4 is 12.1 Å². The zero-order valence-electron chi connectivity index (χ0n) is 11.0. The number of unbranched alkanes of at least 4 members (excludes halogenated alkanes) is 1. The second kappa shape index (κ2) is 7.05. The molecule has 0 saturated heterocycles. The van der Waals surface area contributed by atoms with Crippen LogP contribution >= 0.6 is 0 Å². The lowest BCUT2D eigenvalue weighted by atomic mass is 10.2. The van der Waals surface area contributed by atoms with Crippen LogP contribution < -0.4 is 4.90 Å². The van der Waals surface area contributed by atoms with E-state index in [2.05, 4.69) is 30.7 Å². The van der Waals surface area contributed by atoms with Crippen molar-refractivity contribution in [3.63, 3.8) is 0 Å². The van der Waals surface area contributed by atoms with Gasteiger partial charge in [0.1, 0.15) is 5.82 Å². The van der Waals surface area contributed by atoms with Crippen molar-refractivity contribution in [2.45, 2.75) is 46.1 Å². The number of hydrogen-bond donors (Lipinski definition) is 0. The number of carbonyl (C=O) groups is 1. The molecule has 0 amide bonds. The number of pyridine rings is 1. The quantitative estimate of drug-likeness (QED) is 0.679. The molecule has 1 atom stereocenters. The van der Waals surface area contributed by atoms with Crippen LogP contribution in [0.4, 0.5) is 5.82 Å². The first-order chi connectivity index (χ1) is 8.22. The Morgan fingerprint density at radius 1 is 1.41 bits per heavy atom. The van der Waals surface area contributed by atoms with E-state index in [0.717, 1.165) is 25.1 Å². The van der Waals surface area contributed by atoms with Crippen molar-refractivity contribution in [2.24, 2.45) is 0 Å². The van der Waals surface area contributed by atoms with Crippen LogP contribution in [0, 0.1) is 0 Å². The highest BCUT2D eigenvalue weighted by Crippen LogP contribution is 2.16. The molecule has 1 aromatic heterocycles. The fraction of sp³-hybridized carbons (Fsp3) is 0.571. The van der Waals surface area contributed by atoms with E-state index in [1.807, 2.05) is 12.1 Å². The smallest absolute Gasteiger partial charge is 0.151 e. The number of anilines is 1. The van der Waals surface area contributed by atoms with E-state index in [1.54, 1.807) is 6.20 Å². The molecule has 0 aliphatic carbocycles. The van der Waals surface area contributed by atoms with E-state index < -0.39 is 0 Å². The molecule has 17 heavy (non-hydrogen) atoms. The summed E-state index contributed by atoms with van der Waals surface area (Å²) in [7, 11) is 0. The summed E-state index contributed by atoms with van der Waals surface area (Å²) in [5.41, 5.74) is 0.633. The third-order valence-electron chi connectivity index (χ3n) is 3.08. The Morgan fingerprint density at radius 3 is 2.65 bits per heavy atom. The maximum Gasteiger partial charge on any atom is 0.151 e. The topological polar surface area (TPSA) is 33.2 Å². The largest absolute Gasteiger partial charge is 0.354 e. The molecule has 0 spiro atoms. The van der Waals surface area contributed by atoms with E-state index in [-0.39, 0.29) is 0 Å². The van der Waals surface area contributed by atoms with Gasteiger partial charge in [-0.15, -0.1) is 0 Å². The second-order valence-electron chi connectivity index (χ2n) is 4.37. The molecule has 94 valence electrons. The lowest BCUT2D eigenvalue weighted by Gasteiger charge is -2.29. The Morgan fingerprint density at radius 2 is 2.18 bits per heavy atom. The van der Waals surface area contributed by atoms with Crippen LogP contribution in [0.3, 0.4) is 0 Å². The van der Waals surface area contributed by atoms with Gasteiger partial charge in [-0.05, 0) is 31.9 Å². The number of aldehydes is 1. The van der Waals surface area contributed by atoms with Gasteiger partial charge in [0, 0.05) is 24.3 Å². The van der Waals surface area contributed by atoms with Gasteiger partial charge in [-0.1, -0.05) is 20.3 Å². The summed E-state index contributed by atoms with van der Waals surface area (Å²) in [5.74, 6) is 0.971. The average Bonchev–Trinajstić information content (AvgIpc) is 2.39.